The van der Waals surface area contributed by atoms with E-state index < -0.39 is 8.32 Å². The van der Waals surface area contributed by atoms with Crippen molar-refractivity contribution in [3.63, 3.8) is 0 Å². The maximum absolute atomic E-state index is 11.4. The fraction of sp³-hybridized carbons (Fsp3) is 0.400. The van der Waals surface area contributed by atoms with Crippen molar-refractivity contribution in [3.8, 4) is 0 Å². The summed E-state index contributed by atoms with van der Waals surface area (Å²) in [5.41, 5.74) is 0. The maximum atomic E-state index is 11.4. The van der Waals surface area contributed by atoms with Gasteiger partial charge in [-0.2, -0.15) is 0 Å². The largest absolute Gasteiger partial charge is 0.404 e. The van der Waals surface area contributed by atoms with Crippen LogP contribution >= 0.6 is 0 Å². The molecule has 2 nitrogen and oxygen atoms in total. The molecule has 2 aromatic rings. The molecule has 0 saturated heterocycles. The minimum atomic E-state index is -2.57. The molecule has 0 radical (unpaired) electrons. The van der Waals surface area contributed by atoms with Crippen LogP contribution in [0.4, 0.5) is 0 Å². The fourth-order valence-electron chi connectivity index (χ4n) is 3.74. The van der Waals surface area contributed by atoms with E-state index in [4.69, 9.17) is 4.43 Å². The number of benzene rings is 2. The lowest BCUT2D eigenvalue weighted by atomic mass is 10.0. The third-order valence-electron chi connectivity index (χ3n) is 5.21. The molecule has 0 spiro atoms. The molecule has 0 amide bonds. The fourth-order valence-corrected chi connectivity index (χ4v) is 8.58. The first-order valence-electron chi connectivity index (χ1n) is 10.1. The van der Waals surface area contributed by atoms with E-state index in [2.05, 4.69) is 95.3 Å². The van der Waals surface area contributed by atoms with E-state index in [0.717, 1.165) is 6.42 Å². The molecule has 0 bridgehead atoms. The van der Waals surface area contributed by atoms with Gasteiger partial charge in [0.2, 0.25) is 0 Å². The third kappa shape index (κ3) is 5.09. The first kappa shape index (κ1) is 22.3. The quantitative estimate of drug-likeness (QED) is 0.459. The number of ketones is 1. The van der Waals surface area contributed by atoms with E-state index in [0.29, 0.717) is 5.92 Å². The molecule has 0 heterocycles. The summed E-state index contributed by atoms with van der Waals surface area (Å²) in [6.07, 6.45) is 4.40. The van der Waals surface area contributed by atoms with Crippen LogP contribution in [0, 0.1) is 5.92 Å². The van der Waals surface area contributed by atoms with Crippen molar-refractivity contribution in [1.82, 2.24) is 0 Å². The first-order chi connectivity index (χ1) is 13.2. The Morgan fingerprint density at radius 1 is 0.964 bits per heavy atom. The molecule has 0 aromatic heterocycles. The molecule has 0 aliphatic carbocycles. The Kier molecular flexibility index (Phi) is 7.56. The highest BCUT2D eigenvalue weighted by Crippen LogP contribution is 2.38. The minimum Gasteiger partial charge on any atom is -0.404 e. The molecule has 0 aliphatic rings. The zero-order valence-corrected chi connectivity index (χ0v) is 19.1. The molecule has 150 valence electrons. The summed E-state index contributed by atoms with van der Waals surface area (Å²) in [5.74, 6) is 0.422. The lowest BCUT2D eigenvalue weighted by Gasteiger charge is -2.46. The maximum Gasteiger partial charge on any atom is 0.261 e. The second-order valence-corrected chi connectivity index (χ2v) is 13.1. The Labute approximate surface area is 171 Å². The second-order valence-electron chi connectivity index (χ2n) is 8.81. The molecule has 0 saturated carbocycles. The van der Waals surface area contributed by atoms with Crippen LogP contribution in [-0.2, 0) is 9.22 Å². The monoisotopic (exact) mass is 394 g/mol. The van der Waals surface area contributed by atoms with Gasteiger partial charge < -0.3 is 4.43 Å². The van der Waals surface area contributed by atoms with Gasteiger partial charge in [0.25, 0.3) is 8.32 Å². The molecule has 0 N–H and O–H groups in total. The topological polar surface area (TPSA) is 26.3 Å². The van der Waals surface area contributed by atoms with Gasteiger partial charge in [0.05, 0.1) is 6.10 Å². The Morgan fingerprint density at radius 2 is 1.43 bits per heavy atom. The van der Waals surface area contributed by atoms with E-state index in [1.807, 2.05) is 6.08 Å². The number of hydrogen-bond acceptors (Lipinski definition) is 2. The first-order valence-corrected chi connectivity index (χ1v) is 12.1. The lowest BCUT2D eigenvalue weighted by molar-refractivity contribution is -0.112. The highest BCUT2D eigenvalue weighted by molar-refractivity contribution is 6.99. The van der Waals surface area contributed by atoms with Crippen LogP contribution in [0.1, 0.15) is 48.0 Å². The van der Waals surface area contributed by atoms with Crippen molar-refractivity contribution >= 4 is 24.5 Å². The van der Waals surface area contributed by atoms with Gasteiger partial charge in [-0.25, -0.2) is 0 Å². The molecular formula is C25H34O2Si. The predicted octanol–water partition coefficient (Wildman–Crippen LogP) is 5.12. The van der Waals surface area contributed by atoms with Crippen LogP contribution in [0.25, 0.3) is 0 Å². The Morgan fingerprint density at radius 3 is 1.79 bits per heavy atom. The Balaban J connectivity index is 2.61. The molecule has 1 atom stereocenters. The molecule has 0 aliphatic heterocycles. The van der Waals surface area contributed by atoms with Crippen molar-refractivity contribution in [1.29, 1.82) is 0 Å². The molecule has 28 heavy (non-hydrogen) atoms. The molecule has 0 unspecified atom stereocenters. The van der Waals surface area contributed by atoms with Gasteiger partial charge in [0.15, 0.2) is 5.78 Å². The molecule has 2 rings (SSSR count). The Bertz CT molecular complexity index is 734. The zero-order chi connectivity index (χ0) is 20.8. The highest BCUT2D eigenvalue weighted by atomic mass is 28.4. The van der Waals surface area contributed by atoms with Crippen LogP contribution in [0.5, 0.6) is 0 Å². The SMILES string of the molecule is CC(=O)/C=C/C[C@H](O[Si](c1ccccc1)(c1ccccc1)C(C)(C)C)C(C)C. The summed E-state index contributed by atoms with van der Waals surface area (Å²) in [6, 6.07) is 21.4. The molecule has 2 aromatic carbocycles. The zero-order valence-electron chi connectivity index (χ0n) is 18.1. The van der Waals surface area contributed by atoms with Crippen molar-refractivity contribution in [2.75, 3.05) is 0 Å². The van der Waals surface area contributed by atoms with Crippen molar-refractivity contribution in [2.24, 2.45) is 5.92 Å². The summed E-state index contributed by atoms with van der Waals surface area (Å²) in [4.78, 5) is 11.4. The summed E-state index contributed by atoms with van der Waals surface area (Å²) in [7, 11) is -2.57. The van der Waals surface area contributed by atoms with Crippen LogP contribution in [0.2, 0.25) is 5.04 Å². The predicted molar refractivity (Wildman–Crippen MR) is 122 cm³/mol. The average molecular weight is 395 g/mol. The van der Waals surface area contributed by atoms with E-state index >= 15 is 0 Å². The van der Waals surface area contributed by atoms with Gasteiger partial charge in [-0.15, -0.1) is 0 Å². The highest BCUT2D eigenvalue weighted by Gasteiger charge is 2.51. The summed E-state index contributed by atoms with van der Waals surface area (Å²) >= 11 is 0. The van der Waals surface area contributed by atoms with Crippen molar-refractivity contribution in [2.45, 2.75) is 59.1 Å². The standard InChI is InChI=1S/C25H34O2Si/c1-20(2)24(19-13-14-21(3)26)27-28(25(4,5)6,22-15-9-7-10-16-22)23-17-11-8-12-18-23/h7-18,20,24H,19H2,1-6H3/b14-13+/t24-/m0/s1. The second kappa shape index (κ2) is 9.49. The van der Waals surface area contributed by atoms with Crippen LogP contribution in [0.15, 0.2) is 72.8 Å². The third-order valence-corrected chi connectivity index (χ3v) is 10.3. The van der Waals surface area contributed by atoms with Crippen LogP contribution in [-0.4, -0.2) is 20.2 Å². The van der Waals surface area contributed by atoms with E-state index in [1.54, 1.807) is 13.0 Å². The van der Waals surface area contributed by atoms with Gasteiger partial charge in [0, 0.05) is 0 Å². The van der Waals surface area contributed by atoms with E-state index in [1.165, 1.54) is 10.4 Å². The average Bonchev–Trinajstić information content (AvgIpc) is 2.64. The van der Waals surface area contributed by atoms with Crippen LogP contribution in [0.3, 0.4) is 0 Å². The minimum absolute atomic E-state index is 0.0434. The summed E-state index contributed by atoms with van der Waals surface area (Å²) in [5, 5.41) is 2.53. The molecular weight excluding hydrogens is 360 g/mol. The van der Waals surface area contributed by atoms with Crippen molar-refractivity contribution < 1.29 is 9.22 Å². The van der Waals surface area contributed by atoms with E-state index in [9.17, 15) is 4.79 Å². The smallest absolute Gasteiger partial charge is 0.261 e. The number of carbonyl (C=O) groups excluding carboxylic acids is 1. The lowest BCUT2D eigenvalue weighted by Crippen LogP contribution is -2.68. The van der Waals surface area contributed by atoms with Crippen LogP contribution < -0.4 is 10.4 Å². The van der Waals surface area contributed by atoms with Gasteiger partial charge in [0.1, 0.15) is 0 Å². The Hall–Kier alpha value is -1.97. The molecule has 0 fully saturated rings. The van der Waals surface area contributed by atoms with Gasteiger partial charge in [-0.3, -0.25) is 4.79 Å². The summed E-state index contributed by atoms with van der Waals surface area (Å²) < 4.78 is 7.19. The van der Waals surface area contributed by atoms with Gasteiger partial charge >= 0.3 is 0 Å². The number of rotatable bonds is 8. The van der Waals surface area contributed by atoms with Gasteiger partial charge in [-0.05, 0) is 40.8 Å². The number of allylic oxidation sites excluding steroid dienone is 1. The van der Waals surface area contributed by atoms with Crippen molar-refractivity contribution in [3.05, 3.63) is 72.8 Å². The van der Waals surface area contributed by atoms with Gasteiger partial charge in [-0.1, -0.05) is 101 Å². The number of hydrogen-bond donors (Lipinski definition) is 0. The summed E-state index contributed by atoms with van der Waals surface area (Å²) in [6.45, 7) is 12.9. The normalized spacial score (nSPS) is 13.8. The molecule has 3 heteroatoms. The van der Waals surface area contributed by atoms with E-state index in [-0.39, 0.29) is 16.9 Å². The number of carbonyl (C=O) groups is 1.